The van der Waals surface area contributed by atoms with Crippen molar-refractivity contribution in [3.63, 3.8) is 0 Å². The Hall–Kier alpha value is -2.10. The molecule has 0 aliphatic heterocycles. The van der Waals surface area contributed by atoms with Gasteiger partial charge in [0.1, 0.15) is 5.75 Å². The molecule has 0 bridgehead atoms. The summed E-state index contributed by atoms with van der Waals surface area (Å²) in [6, 6.07) is 6.00. The van der Waals surface area contributed by atoms with Crippen LogP contribution >= 0.6 is 0 Å². The summed E-state index contributed by atoms with van der Waals surface area (Å²) in [4.78, 5) is 11.6. The molecule has 1 aromatic carbocycles. The number of hydrogen-bond donors (Lipinski definition) is 2. The van der Waals surface area contributed by atoms with Gasteiger partial charge in [-0.15, -0.1) is 6.58 Å². The largest absolute Gasteiger partial charge is 0.508 e. The number of nitrogens with one attached hydrogen (secondary N) is 1. The van der Waals surface area contributed by atoms with Crippen molar-refractivity contribution in [2.24, 2.45) is 5.10 Å². The Labute approximate surface area is 101 Å². The molecule has 0 saturated carbocycles. The summed E-state index contributed by atoms with van der Waals surface area (Å²) in [7, 11) is 0. The van der Waals surface area contributed by atoms with E-state index in [0.717, 1.165) is 18.6 Å². The summed E-state index contributed by atoms with van der Waals surface area (Å²) in [6.45, 7) is 5.47. The fourth-order valence-corrected chi connectivity index (χ4v) is 1.19. The first-order chi connectivity index (χ1) is 8.13. The number of nitrogens with zero attached hydrogens (tertiary/aromatic N) is 1. The molecule has 0 fully saturated rings. The highest BCUT2D eigenvalue weighted by atomic mass is 16.3. The SMILES string of the molecule is C=CCC/C(C)=N\NC(=O)c1ccc(O)cc1. The standard InChI is InChI=1S/C13H16N2O2/c1-3-4-5-10(2)14-15-13(17)11-6-8-12(16)9-7-11/h3,6-9,16H,1,4-5H2,2H3,(H,15,17)/b14-10-. The van der Waals surface area contributed by atoms with Gasteiger partial charge in [0.25, 0.3) is 5.91 Å². The summed E-state index contributed by atoms with van der Waals surface area (Å²) in [5.41, 5.74) is 3.77. The van der Waals surface area contributed by atoms with Gasteiger partial charge in [-0.1, -0.05) is 6.08 Å². The lowest BCUT2D eigenvalue weighted by Gasteiger charge is -2.02. The molecule has 0 unspecified atom stereocenters. The minimum absolute atomic E-state index is 0.132. The van der Waals surface area contributed by atoms with Crippen molar-refractivity contribution in [1.82, 2.24) is 5.43 Å². The molecule has 0 spiro atoms. The molecule has 0 saturated heterocycles. The van der Waals surface area contributed by atoms with Gasteiger partial charge in [-0.05, 0) is 44.0 Å². The van der Waals surface area contributed by atoms with Crippen molar-refractivity contribution in [1.29, 1.82) is 0 Å². The molecule has 0 heterocycles. The van der Waals surface area contributed by atoms with E-state index in [4.69, 9.17) is 5.11 Å². The van der Waals surface area contributed by atoms with Gasteiger partial charge >= 0.3 is 0 Å². The molecule has 1 amide bonds. The number of benzene rings is 1. The molecule has 0 radical (unpaired) electrons. The Kier molecular flexibility index (Phi) is 4.94. The molecular formula is C13H16N2O2. The fraction of sp³-hybridized carbons (Fsp3) is 0.231. The van der Waals surface area contributed by atoms with E-state index in [9.17, 15) is 4.79 Å². The zero-order valence-corrected chi connectivity index (χ0v) is 9.81. The molecular weight excluding hydrogens is 216 g/mol. The minimum Gasteiger partial charge on any atom is -0.508 e. The number of hydrazone groups is 1. The van der Waals surface area contributed by atoms with Crippen molar-refractivity contribution in [2.75, 3.05) is 0 Å². The number of carbonyl (C=O) groups is 1. The monoisotopic (exact) mass is 232 g/mol. The summed E-state index contributed by atoms with van der Waals surface area (Å²) in [5, 5.41) is 13.1. The predicted molar refractivity (Wildman–Crippen MR) is 68.1 cm³/mol. The Morgan fingerprint density at radius 1 is 1.47 bits per heavy atom. The number of carbonyl (C=O) groups excluding carboxylic acids is 1. The van der Waals surface area contributed by atoms with E-state index in [-0.39, 0.29) is 11.7 Å². The number of hydrogen-bond acceptors (Lipinski definition) is 3. The number of phenols is 1. The lowest BCUT2D eigenvalue weighted by molar-refractivity contribution is 0.0954. The third kappa shape index (κ3) is 4.51. The van der Waals surface area contributed by atoms with Crippen LogP contribution in [0.5, 0.6) is 5.75 Å². The highest BCUT2D eigenvalue weighted by Gasteiger charge is 2.03. The average molecular weight is 232 g/mol. The van der Waals surface area contributed by atoms with Gasteiger partial charge in [-0.3, -0.25) is 4.79 Å². The Balaban J connectivity index is 2.54. The molecule has 1 rings (SSSR count). The Bertz CT molecular complexity index is 422. The third-order valence-electron chi connectivity index (χ3n) is 2.19. The summed E-state index contributed by atoms with van der Waals surface area (Å²) >= 11 is 0. The van der Waals surface area contributed by atoms with E-state index in [1.54, 1.807) is 18.2 Å². The van der Waals surface area contributed by atoms with Crippen molar-refractivity contribution < 1.29 is 9.90 Å². The second-order valence-electron chi connectivity index (χ2n) is 3.66. The van der Waals surface area contributed by atoms with Gasteiger partial charge in [0.2, 0.25) is 0 Å². The second-order valence-corrected chi connectivity index (χ2v) is 3.66. The average Bonchev–Trinajstić information content (AvgIpc) is 2.34. The number of phenolic OH excluding ortho intramolecular Hbond substituents is 1. The molecule has 0 atom stereocenters. The smallest absolute Gasteiger partial charge is 0.271 e. The summed E-state index contributed by atoms with van der Waals surface area (Å²) in [6.07, 6.45) is 3.42. The Morgan fingerprint density at radius 2 is 2.12 bits per heavy atom. The van der Waals surface area contributed by atoms with Crippen LogP contribution in [0.1, 0.15) is 30.1 Å². The van der Waals surface area contributed by atoms with Crippen LogP contribution in [0.4, 0.5) is 0 Å². The van der Waals surface area contributed by atoms with Gasteiger partial charge in [0, 0.05) is 11.3 Å². The third-order valence-corrected chi connectivity index (χ3v) is 2.19. The zero-order valence-electron chi connectivity index (χ0n) is 9.81. The van der Waals surface area contributed by atoms with Crippen molar-refractivity contribution >= 4 is 11.6 Å². The van der Waals surface area contributed by atoms with Gasteiger partial charge in [-0.2, -0.15) is 5.10 Å². The fourth-order valence-electron chi connectivity index (χ4n) is 1.19. The number of aromatic hydroxyl groups is 1. The van der Waals surface area contributed by atoms with E-state index in [0.29, 0.717) is 5.56 Å². The highest BCUT2D eigenvalue weighted by molar-refractivity contribution is 5.95. The van der Waals surface area contributed by atoms with E-state index in [1.165, 1.54) is 12.1 Å². The van der Waals surface area contributed by atoms with Crippen LogP contribution in [0.3, 0.4) is 0 Å². The summed E-state index contributed by atoms with van der Waals surface area (Å²) in [5.74, 6) is -0.157. The van der Waals surface area contributed by atoms with Gasteiger partial charge in [-0.25, -0.2) is 5.43 Å². The van der Waals surface area contributed by atoms with E-state index in [1.807, 2.05) is 6.92 Å². The lowest BCUT2D eigenvalue weighted by Crippen LogP contribution is -2.18. The van der Waals surface area contributed by atoms with E-state index in [2.05, 4.69) is 17.1 Å². The van der Waals surface area contributed by atoms with Crippen molar-refractivity contribution in [3.8, 4) is 5.75 Å². The minimum atomic E-state index is -0.289. The second kappa shape index (κ2) is 6.48. The van der Waals surface area contributed by atoms with Crippen molar-refractivity contribution in [2.45, 2.75) is 19.8 Å². The first-order valence-electron chi connectivity index (χ1n) is 5.37. The highest BCUT2D eigenvalue weighted by Crippen LogP contribution is 2.09. The molecule has 4 nitrogen and oxygen atoms in total. The molecule has 0 aliphatic carbocycles. The molecule has 90 valence electrons. The van der Waals surface area contributed by atoms with Gasteiger partial charge in [0.15, 0.2) is 0 Å². The molecule has 17 heavy (non-hydrogen) atoms. The van der Waals surface area contributed by atoms with Crippen molar-refractivity contribution in [3.05, 3.63) is 42.5 Å². The van der Waals surface area contributed by atoms with Crippen LogP contribution in [0.2, 0.25) is 0 Å². The number of rotatable bonds is 5. The number of amides is 1. The molecule has 0 aliphatic rings. The normalized spacial score (nSPS) is 11.0. The molecule has 2 N–H and O–H groups in total. The van der Waals surface area contributed by atoms with E-state index < -0.39 is 0 Å². The first-order valence-corrected chi connectivity index (χ1v) is 5.37. The van der Waals surface area contributed by atoms with Crippen LogP contribution < -0.4 is 5.43 Å². The molecule has 0 aromatic heterocycles. The first kappa shape index (κ1) is 13.0. The molecule has 4 heteroatoms. The topological polar surface area (TPSA) is 61.7 Å². The van der Waals surface area contributed by atoms with Crippen LogP contribution in [-0.4, -0.2) is 16.7 Å². The van der Waals surface area contributed by atoms with E-state index >= 15 is 0 Å². The van der Waals surface area contributed by atoms with Crippen LogP contribution in [-0.2, 0) is 0 Å². The van der Waals surface area contributed by atoms with Gasteiger partial charge in [0.05, 0.1) is 0 Å². The quantitative estimate of drug-likeness (QED) is 0.465. The predicted octanol–water partition coefficient (Wildman–Crippen LogP) is 2.46. The van der Waals surface area contributed by atoms with Crippen LogP contribution in [0.15, 0.2) is 42.0 Å². The zero-order chi connectivity index (χ0) is 12.7. The summed E-state index contributed by atoms with van der Waals surface area (Å²) < 4.78 is 0. The Morgan fingerprint density at radius 3 is 2.71 bits per heavy atom. The molecule has 1 aromatic rings. The van der Waals surface area contributed by atoms with Gasteiger partial charge < -0.3 is 5.11 Å². The lowest BCUT2D eigenvalue weighted by atomic mass is 10.2. The maximum absolute atomic E-state index is 11.6. The van der Waals surface area contributed by atoms with Crippen LogP contribution in [0.25, 0.3) is 0 Å². The maximum atomic E-state index is 11.6. The number of allylic oxidation sites excluding steroid dienone is 1. The maximum Gasteiger partial charge on any atom is 0.271 e. The van der Waals surface area contributed by atoms with Crippen LogP contribution in [0, 0.1) is 0 Å².